The Balaban J connectivity index is 1.45. The van der Waals surface area contributed by atoms with Gasteiger partial charge in [-0.25, -0.2) is 4.98 Å². The van der Waals surface area contributed by atoms with Crippen molar-refractivity contribution in [2.45, 2.75) is 19.9 Å². The van der Waals surface area contributed by atoms with Gasteiger partial charge in [0.1, 0.15) is 10.8 Å². The molecule has 7 heteroatoms. The van der Waals surface area contributed by atoms with E-state index < -0.39 is 5.97 Å². The molecule has 0 N–H and O–H groups in total. The number of esters is 1. The van der Waals surface area contributed by atoms with E-state index in [1.807, 2.05) is 66.9 Å². The maximum Gasteiger partial charge on any atom is 0.312 e. The first-order valence-corrected chi connectivity index (χ1v) is 10.5. The number of thiazole rings is 1. The SMILES string of the molecule is CCOc1ccc(CN(C)C(=O)COC(=O)Cc2csc(-c3ccccc3)n2)cc1. The third kappa shape index (κ3) is 6.15. The van der Waals surface area contributed by atoms with Gasteiger partial charge in [-0.05, 0) is 24.6 Å². The van der Waals surface area contributed by atoms with E-state index in [4.69, 9.17) is 9.47 Å². The lowest BCUT2D eigenvalue weighted by Crippen LogP contribution is -2.31. The van der Waals surface area contributed by atoms with Gasteiger partial charge in [0.2, 0.25) is 0 Å². The fourth-order valence-electron chi connectivity index (χ4n) is 2.77. The molecule has 0 bridgehead atoms. The highest BCUT2D eigenvalue weighted by atomic mass is 32.1. The number of ether oxygens (including phenoxy) is 2. The van der Waals surface area contributed by atoms with Crippen molar-refractivity contribution in [2.24, 2.45) is 0 Å². The summed E-state index contributed by atoms with van der Waals surface area (Å²) < 4.78 is 10.6. The first-order valence-electron chi connectivity index (χ1n) is 9.66. The second kappa shape index (κ2) is 10.5. The number of carbonyl (C=O) groups is 2. The quantitative estimate of drug-likeness (QED) is 0.487. The minimum atomic E-state index is -0.470. The molecule has 3 aromatic rings. The maximum absolute atomic E-state index is 12.3. The lowest BCUT2D eigenvalue weighted by molar-refractivity contribution is -0.151. The topological polar surface area (TPSA) is 68.7 Å². The number of carbonyl (C=O) groups excluding carboxylic acids is 2. The molecule has 1 amide bonds. The average Bonchev–Trinajstić information content (AvgIpc) is 3.22. The van der Waals surface area contributed by atoms with Gasteiger partial charge in [-0.1, -0.05) is 42.5 Å². The summed E-state index contributed by atoms with van der Waals surface area (Å²) in [5.74, 6) is 0.0600. The van der Waals surface area contributed by atoms with Crippen LogP contribution in [0, 0.1) is 0 Å². The summed E-state index contributed by atoms with van der Waals surface area (Å²) in [6, 6.07) is 17.3. The zero-order valence-corrected chi connectivity index (χ0v) is 17.9. The molecular weight excluding hydrogens is 400 g/mol. The molecule has 0 atom stereocenters. The van der Waals surface area contributed by atoms with Crippen LogP contribution in [0.1, 0.15) is 18.2 Å². The van der Waals surface area contributed by atoms with E-state index in [9.17, 15) is 9.59 Å². The highest BCUT2D eigenvalue weighted by molar-refractivity contribution is 7.13. The summed E-state index contributed by atoms with van der Waals surface area (Å²) >= 11 is 1.48. The Bertz CT molecular complexity index is 970. The van der Waals surface area contributed by atoms with Gasteiger partial charge in [-0.2, -0.15) is 0 Å². The lowest BCUT2D eigenvalue weighted by atomic mass is 10.2. The van der Waals surface area contributed by atoms with Gasteiger partial charge in [0.05, 0.1) is 18.7 Å². The Morgan fingerprint density at radius 3 is 2.50 bits per heavy atom. The van der Waals surface area contributed by atoms with Crippen LogP contribution in [0.15, 0.2) is 60.0 Å². The molecule has 1 aromatic heterocycles. The fourth-order valence-corrected chi connectivity index (χ4v) is 3.60. The van der Waals surface area contributed by atoms with E-state index >= 15 is 0 Å². The zero-order chi connectivity index (χ0) is 21.3. The molecule has 0 aliphatic carbocycles. The van der Waals surface area contributed by atoms with Crippen molar-refractivity contribution >= 4 is 23.2 Å². The molecule has 2 aromatic carbocycles. The Morgan fingerprint density at radius 2 is 1.80 bits per heavy atom. The number of hydrogen-bond acceptors (Lipinski definition) is 6. The van der Waals surface area contributed by atoms with Crippen molar-refractivity contribution in [2.75, 3.05) is 20.3 Å². The van der Waals surface area contributed by atoms with Crippen molar-refractivity contribution < 1.29 is 19.1 Å². The molecule has 0 saturated carbocycles. The van der Waals surface area contributed by atoms with E-state index in [0.717, 1.165) is 21.9 Å². The van der Waals surface area contributed by atoms with Crippen LogP contribution in [0.2, 0.25) is 0 Å². The van der Waals surface area contributed by atoms with Crippen LogP contribution in [0.3, 0.4) is 0 Å². The molecule has 0 saturated heterocycles. The molecule has 156 valence electrons. The monoisotopic (exact) mass is 424 g/mol. The second-order valence-corrected chi connectivity index (χ2v) is 7.53. The number of benzene rings is 2. The van der Waals surface area contributed by atoms with Gasteiger partial charge < -0.3 is 14.4 Å². The predicted octanol–water partition coefficient (Wildman–Crippen LogP) is 3.95. The fraction of sp³-hybridized carbons (Fsp3) is 0.261. The average molecular weight is 425 g/mol. The van der Waals surface area contributed by atoms with Crippen LogP contribution < -0.4 is 4.74 Å². The maximum atomic E-state index is 12.3. The molecule has 3 rings (SSSR count). The van der Waals surface area contributed by atoms with Crippen LogP contribution in [0.5, 0.6) is 5.75 Å². The molecule has 0 aliphatic rings. The van der Waals surface area contributed by atoms with Crippen molar-refractivity contribution in [3.63, 3.8) is 0 Å². The Morgan fingerprint density at radius 1 is 1.07 bits per heavy atom. The summed E-state index contributed by atoms with van der Waals surface area (Å²) in [6.45, 7) is 2.67. The summed E-state index contributed by atoms with van der Waals surface area (Å²) in [6.07, 6.45) is 0.0409. The molecule has 1 heterocycles. The highest BCUT2D eigenvalue weighted by Crippen LogP contribution is 2.23. The van der Waals surface area contributed by atoms with Gasteiger partial charge in [0, 0.05) is 24.5 Å². The second-order valence-electron chi connectivity index (χ2n) is 6.67. The van der Waals surface area contributed by atoms with Crippen molar-refractivity contribution in [1.82, 2.24) is 9.88 Å². The normalized spacial score (nSPS) is 10.5. The minimum absolute atomic E-state index is 0.0409. The van der Waals surface area contributed by atoms with Crippen LogP contribution in [-0.2, 0) is 27.3 Å². The van der Waals surface area contributed by atoms with Gasteiger partial charge in [-0.15, -0.1) is 11.3 Å². The van der Waals surface area contributed by atoms with Crippen molar-refractivity contribution in [1.29, 1.82) is 0 Å². The molecule has 0 fully saturated rings. The van der Waals surface area contributed by atoms with Gasteiger partial charge >= 0.3 is 5.97 Å². The van der Waals surface area contributed by atoms with Crippen LogP contribution in [0.25, 0.3) is 10.6 Å². The van der Waals surface area contributed by atoms with Crippen molar-refractivity contribution in [3.05, 3.63) is 71.2 Å². The highest BCUT2D eigenvalue weighted by Gasteiger charge is 2.14. The number of hydrogen-bond donors (Lipinski definition) is 0. The third-order valence-electron chi connectivity index (χ3n) is 4.33. The van der Waals surface area contributed by atoms with Gasteiger partial charge in [0.25, 0.3) is 5.91 Å². The van der Waals surface area contributed by atoms with Gasteiger partial charge in [0.15, 0.2) is 6.61 Å². The summed E-state index contributed by atoms with van der Waals surface area (Å²) in [5, 5.41) is 2.69. The number of aromatic nitrogens is 1. The van der Waals surface area contributed by atoms with E-state index in [1.54, 1.807) is 7.05 Å². The molecule has 0 unspecified atom stereocenters. The largest absolute Gasteiger partial charge is 0.494 e. The molecule has 0 spiro atoms. The van der Waals surface area contributed by atoms with Crippen LogP contribution in [-0.4, -0.2) is 42.0 Å². The predicted molar refractivity (Wildman–Crippen MR) is 116 cm³/mol. The standard InChI is InChI=1S/C23H24N2O4S/c1-3-28-20-11-9-17(10-12-20)14-25(2)21(26)15-29-22(27)13-19-16-30-23(24-19)18-7-5-4-6-8-18/h4-12,16H,3,13-15H2,1-2H3. The first-order chi connectivity index (χ1) is 14.5. The van der Waals surface area contributed by atoms with Crippen LogP contribution in [0.4, 0.5) is 0 Å². The molecule has 6 nitrogen and oxygen atoms in total. The van der Waals surface area contributed by atoms with Crippen LogP contribution >= 0.6 is 11.3 Å². The smallest absolute Gasteiger partial charge is 0.312 e. The first kappa shape index (κ1) is 21.5. The lowest BCUT2D eigenvalue weighted by Gasteiger charge is -2.17. The third-order valence-corrected chi connectivity index (χ3v) is 5.27. The van der Waals surface area contributed by atoms with E-state index in [0.29, 0.717) is 18.8 Å². The molecule has 0 radical (unpaired) electrons. The van der Waals surface area contributed by atoms with E-state index in [-0.39, 0.29) is 18.9 Å². The summed E-state index contributed by atoms with van der Waals surface area (Å²) in [7, 11) is 1.68. The van der Waals surface area contributed by atoms with E-state index in [2.05, 4.69) is 4.98 Å². The van der Waals surface area contributed by atoms with Gasteiger partial charge in [-0.3, -0.25) is 9.59 Å². The van der Waals surface area contributed by atoms with Crippen molar-refractivity contribution in [3.8, 4) is 16.3 Å². The number of rotatable bonds is 9. The Kier molecular flexibility index (Phi) is 7.57. The summed E-state index contributed by atoms with van der Waals surface area (Å²) in [4.78, 5) is 30.4. The number of likely N-dealkylation sites (N-methyl/N-ethyl adjacent to an activating group) is 1. The molecular formula is C23H24N2O4S. The molecule has 30 heavy (non-hydrogen) atoms. The number of amides is 1. The zero-order valence-electron chi connectivity index (χ0n) is 17.0. The number of nitrogens with zero attached hydrogens (tertiary/aromatic N) is 2. The summed E-state index contributed by atoms with van der Waals surface area (Å²) in [5.41, 5.74) is 2.61. The Hall–Kier alpha value is -3.19. The van der Waals surface area contributed by atoms with E-state index in [1.165, 1.54) is 16.2 Å². The molecule has 0 aliphatic heterocycles. The minimum Gasteiger partial charge on any atom is -0.494 e. The Labute approximate surface area is 180 Å².